The number of sulfonamides is 1. The third kappa shape index (κ3) is 3.38. The maximum absolute atomic E-state index is 12.5. The molecule has 0 radical (unpaired) electrons. The summed E-state index contributed by atoms with van der Waals surface area (Å²) in [6.07, 6.45) is 0.987. The number of aryl methyl sites for hydroxylation is 1. The highest BCUT2D eigenvalue weighted by Crippen LogP contribution is 2.29. The van der Waals surface area contributed by atoms with Crippen molar-refractivity contribution in [2.75, 3.05) is 24.5 Å². The lowest BCUT2D eigenvalue weighted by molar-refractivity contribution is 0.397. The van der Waals surface area contributed by atoms with Crippen LogP contribution in [0.3, 0.4) is 0 Å². The molecule has 1 aliphatic heterocycles. The molecule has 0 fully saturated rings. The predicted octanol–water partition coefficient (Wildman–Crippen LogP) is 2.89. The van der Waals surface area contributed by atoms with Crippen LogP contribution < -0.4 is 9.62 Å². The van der Waals surface area contributed by atoms with Gasteiger partial charge >= 0.3 is 0 Å². The van der Waals surface area contributed by atoms with E-state index in [1.807, 2.05) is 26.0 Å². The van der Waals surface area contributed by atoms with Crippen molar-refractivity contribution in [3.63, 3.8) is 0 Å². The Morgan fingerprint density at radius 3 is 2.78 bits per heavy atom. The lowest BCUT2D eigenvalue weighted by Crippen LogP contribution is -2.34. The van der Waals surface area contributed by atoms with Gasteiger partial charge in [0, 0.05) is 30.9 Å². The lowest BCUT2D eigenvalue weighted by Gasteiger charge is -2.19. The van der Waals surface area contributed by atoms with E-state index in [2.05, 4.69) is 26.9 Å². The zero-order valence-electron chi connectivity index (χ0n) is 15.2. The first-order valence-corrected chi connectivity index (χ1v) is 10.3. The van der Waals surface area contributed by atoms with Crippen LogP contribution in [0.4, 0.5) is 5.69 Å². The number of hydrogen-bond acceptors (Lipinski definition) is 6. The third-order valence-corrected chi connectivity index (χ3v) is 6.22. The number of anilines is 1. The average Bonchev–Trinajstić information content (AvgIpc) is 3.36. The summed E-state index contributed by atoms with van der Waals surface area (Å²) < 4.78 is 38.4. The van der Waals surface area contributed by atoms with Crippen molar-refractivity contribution in [3.8, 4) is 11.5 Å². The van der Waals surface area contributed by atoms with Gasteiger partial charge in [0.15, 0.2) is 5.76 Å². The van der Waals surface area contributed by atoms with Crippen LogP contribution in [0.1, 0.15) is 16.8 Å². The average molecular weight is 387 g/mol. The number of furan rings is 1. The van der Waals surface area contributed by atoms with Gasteiger partial charge in [-0.2, -0.15) is 0 Å². The van der Waals surface area contributed by atoms with E-state index in [0.717, 1.165) is 24.2 Å². The fraction of sp³-hybridized carbons (Fsp3) is 0.316. The summed E-state index contributed by atoms with van der Waals surface area (Å²) in [5, 5.41) is 3.74. The van der Waals surface area contributed by atoms with E-state index in [-0.39, 0.29) is 5.09 Å². The third-order valence-electron chi connectivity index (χ3n) is 4.88. The van der Waals surface area contributed by atoms with E-state index in [9.17, 15) is 8.42 Å². The van der Waals surface area contributed by atoms with E-state index in [0.29, 0.717) is 24.6 Å². The number of aromatic nitrogens is 1. The fourth-order valence-corrected chi connectivity index (χ4v) is 4.21. The first-order chi connectivity index (χ1) is 13.0. The van der Waals surface area contributed by atoms with Crippen LogP contribution in [0, 0.1) is 13.8 Å². The predicted molar refractivity (Wildman–Crippen MR) is 101 cm³/mol. The molecular formula is C19H21N3O4S. The minimum Gasteiger partial charge on any atom is -0.440 e. The van der Waals surface area contributed by atoms with Crippen LogP contribution >= 0.6 is 0 Å². The zero-order chi connectivity index (χ0) is 19.0. The Morgan fingerprint density at radius 2 is 2.00 bits per heavy atom. The molecule has 0 bridgehead atoms. The zero-order valence-corrected chi connectivity index (χ0v) is 16.0. The normalized spacial score (nSPS) is 13.9. The van der Waals surface area contributed by atoms with Gasteiger partial charge in [0.1, 0.15) is 0 Å². The van der Waals surface area contributed by atoms with Gasteiger partial charge in [-0.25, -0.2) is 13.1 Å². The summed E-state index contributed by atoms with van der Waals surface area (Å²) in [6.45, 7) is 5.47. The lowest BCUT2D eigenvalue weighted by atomic mass is 10.2. The number of rotatable bonds is 6. The van der Waals surface area contributed by atoms with Gasteiger partial charge in [0.2, 0.25) is 10.9 Å². The Kier molecular flexibility index (Phi) is 4.53. The van der Waals surface area contributed by atoms with Crippen LogP contribution in [0.15, 0.2) is 50.4 Å². The van der Waals surface area contributed by atoms with Gasteiger partial charge in [-0.15, -0.1) is 0 Å². The molecule has 1 aromatic carbocycles. The quantitative estimate of drug-likeness (QED) is 0.700. The van der Waals surface area contributed by atoms with Gasteiger partial charge in [0.05, 0.1) is 5.69 Å². The summed E-state index contributed by atoms with van der Waals surface area (Å²) >= 11 is 0. The van der Waals surface area contributed by atoms with E-state index in [1.165, 1.54) is 17.3 Å². The Bertz CT molecular complexity index is 1070. The standard InChI is InChI=1S/C19H21N3O4S/c1-13-14(2)21-26-19(13)17-7-8-18(25-17)27(23,24)20-10-12-22-11-9-15-5-3-4-6-16(15)22/h3-8,20H,9-12H2,1-2H3. The monoisotopic (exact) mass is 387 g/mol. The van der Waals surface area contributed by atoms with Crippen molar-refractivity contribution < 1.29 is 17.4 Å². The molecule has 0 atom stereocenters. The van der Waals surface area contributed by atoms with Crippen molar-refractivity contribution >= 4 is 15.7 Å². The van der Waals surface area contributed by atoms with Gasteiger partial charge in [-0.3, -0.25) is 0 Å². The van der Waals surface area contributed by atoms with Gasteiger partial charge < -0.3 is 13.8 Å². The molecule has 2 aromatic heterocycles. The molecule has 0 unspecified atom stereocenters. The SMILES string of the molecule is Cc1noc(-c2ccc(S(=O)(=O)NCCN3CCc4ccccc43)o2)c1C. The molecule has 7 nitrogen and oxygen atoms in total. The molecule has 8 heteroatoms. The molecule has 0 amide bonds. The van der Waals surface area contributed by atoms with Crippen molar-refractivity contribution in [1.82, 2.24) is 9.88 Å². The van der Waals surface area contributed by atoms with E-state index < -0.39 is 10.0 Å². The maximum Gasteiger partial charge on any atom is 0.274 e. The Morgan fingerprint density at radius 1 is 1.19 bits per heavy atom. The summed E-state index contributed by atoms with van der Waals surface area (Å²) in [7, 11) is -3.73. The second-order valence-corrected chi connectivity index (χ2v) is 8.30. The largest absolute Gasteiger partial charge is 0.440 e. The Balaban J connectivity index is 1.42. The van der Waals surface area contributed by atoms with Crippen molar-refractivity contribution in [1.29, 1.82) is 0 Å². The second-order valence-electron chi connectivity index (χ2n) is 6.60. The van der Waals surface area contributed by atoms with Gasteiger partial charge in [-0.05, 0) is 44.0 Å². The number of fused-ring (bicyclic) bond motifs is 1. The summed E-state index contributed by atoms with van der Waals surface area (Å²) in [5.41, 5.74) is 4.05. The minimum atomic E-state index is -3.73. The molecule has 1 N–H and O–H groups in total. The van der Waals surface area contributed by atoms with Crippen LogP contribution in [0.2, 0.25) is 0 Å². The van der Waals surface area contributed by atoms with Gasteiger partial charge in [0.25, 0.3) is 10.0 Å². The molecular weight excluding hydrogens is 366 g/mol. The number of hydrogen-bond donors (Lipinski definition) is 1. The molecule has 0 saturated heterocycles. The number of benzene rings is 1. The summed E-state index contributed by atoms with van der Waals surface area (Å²) in [5.74, 6) is 0.796. The molecule has 27 heavy (non-hydrogen) atoms. The Hall–Kier alpha value is -2.58. The first kappa shape index (κ1) is 17.8. The maximum atomic E-state index is 12.5. The van der Waals surface area contributed by atoms with Crippen molar-refractivity contribution in [2.24, 2.45) is 0 Å². The number of nitrogens with zero attached hydrogens (tertiary/aromatic N) is 2. The highest BCUT2D eigenvalue weighted by atomic mass is 32.2. The van der Waals surface area contributed by atoms with Crippen LogP contribution in [0.5, 0.6) is 0 Å². The van der Waals surface area contributed by atoms with Gasteiger partial charge in [-0.1, -0.05) is 23.4 Å². The van der Waals surface area contributed by atoms with Crippen LogP contribution in [-0.4, -0.2) is 33.2 Å². The van der Waals surface area contributed by atoms with Crippen LogP contribution in [0.25, 0.3) is 11.5 Å². The van der Waals surface area contributed by atoms with E-state index >= 15 is 0 Å². The highest BCUT2D eigenvalue weighted by molar-refractivity contribution is 7.89. The molecule has 0 spiro atoms. The molecule has 0 saturated carbocycles. The molecule has 4 rings (SSSR count). The van der Waals surface area contributed by atoms with E-state index in [4.69, 9.17) is 8.94 Å². The second kappa shape index (κ2) is 6.86. The molecule has 3 aromatic rings. The smallest absolute Gasteiger partial charge is 0.274 e. The molecule has 3 heterocycles. The Labute approximate surface area is 158 Å². The number of para-hydroxylation sites is 1. The molecule has 1 aliphatic rings. The van der Waals surface area contributed by atoms with E-state index in [1.54, 1.807) is 6.07 Å². The summed E-state index contributed by atoms with van der Waals surface area (Å²) in [4.78, 5) is 2.19. The minimum absolute atomic E-state index is 0.132. The highest BCUT2D eigenvalue weighted by Gasteiger charge is 2.23. The van der Waals surface area contributed by atoms with Crippen LogP contribution in [-0.2, 0) is 16.4 Å². The molecule has 0 aliphatic carbocycles. The molecule has 142 valence electrons. The first-order valence-electron chi connectivity index (χ1n) is 8.81. The summed E-state index contributed by atoms with van der Waals surface area (Å²) in [6, 6.07) is 11.2. The van der Waals surface area contributed by atoms with Crippen molar-refractivity contribution in [3.05, 3.63) is 53.2 Å². The fourth-order valence-electron chi connectivity index (χ4n) is 3.26. The topological polar surface area (TPSA) is 88.6 Å². The number of nitrogens with one attached hydrogen (secondary N) is 1. The van der Waals surface area contributed by atoms with Crippen molar-refractivity contribution in [2.45, 2.75) is 25.4 Å².